The van der Waals surface area contributed by atoms with E-state index in [1.807, 2.05) is 6.08 Å². The van der Waals surface area contributed by atoms with Crippen LogP contribution in [0.15, 0.2) is 48.6 Å². The highest BCUT2D eigenvalue weighted by molar-refractivity contribution is 5.76. The molecule has 4 heteroatoms. The van der Waals surface area contributed by atoms with Crippen molar-refractivity contribution in [3.05, 3.63) is 48.6 Å². The van der Waals surface area contributed by atoms with Gasteiger partial charge in [-0.3, -0.25) is 4.79 Å². The number of amides is 1. The van der Waals surface area contributed by atoms with Crippen molar-refractivity contribution in [1.29, 1.82) is 0 Å². The molecule has 3 N–H and O–H groups in total. The van der Waals surface area contributed by atoms with Crippen molar-refractivity contribution in [2.45, 2.75) is 283 Å². The number of carbonyl (C=O) groups is 1. The third kappa shape index (κ3) is 45.4. The normalized spacial score (nSPS) is 13.2. The number of aliphatic hydroxyl groups is 2. The summed E-state index contributed by atoms with van der Waals surface area (Å²) in [5, 5.41) is 23.1. The zero-order valence-electron chi connectivity index (χ0n) is 39.1. The molecule has 0 aliphatic rings. The quantitative estimate of drug-likeness (QED) is 0.0423. The maximum Gasteiger partial charge on any atom is 0.220 e. The molecule has 0 saturated carbocycles. The standard InChI is InChI=1S/C54H101NO3/c1-3-5-7-9-11-13-15-17-19-21-23-25-27-29-31-33-35-37-39-41-43-45-47-49-53(57)52(51-56)55-54(58)50-48-46-44-42-40-38-36-34-32-30-28-26-24-22-20-18-16-14-12-10-8-6-4-2/h22,24,31,33,39,41,47,49,52-53,56-57H,3-21,23,25-30,32,34-38,40,42-46,48,50-51H2,1-2H3,(H,55,58)/b24-22-,33-31+,41-39+,49-47+. The lowest BCUT2D eigenvalue weighted by Crippen LogP contribution is -2.45. The zero-order chi connectivity index (χ0) is 42.1. The van der Waals surface area contributed by atoms with Gasteiger partial charge in [0.25, 0.3) is 0 Å². The van der Waals surface area contributed by atoms with Gasteiger partial charge in [0.1, 0.15) is 0 Å². The summed E-state index contributed by atoms with van der Waals surface area (Å²) in [4.78, 5) is 12.4. The van der Waals surface area contributed by atoms with Crippen LogP contribution >= 0.6 is 0 Å². The summed E-state index contributed by atoms with van der Waals surface area (Å²) in [5.41, 5.74) is 0. The summed E-state index contributed by atoms with van der Waals surface area (Å²) in [7, 11) is 0. The van der Waals surface area contributed by atoms with Crippen LogP contribution in [0.25, 0.3) is 0 Å². The van der Waals surface area contributed by atoms with E-state index in [1.54, 1.807) is 6.08 Å². The Morgan fingerprint density at radius 2 is 0.672 bits per heavy atom. The van der Waals surface area contributed by atoms with Crippen LogP contribution in [0.2, 0.25) is 0 Å². The van der Waals surface area contributed by atoms with E-state index < -0.39 is 12.1 Å². The van der Waals surface area contributed by atoms with Crippen LogP contribution in [0.1, 0.15) is 271 Å². The minimum absolute atomic E-state index is 0.0770. The second-order valence-electron chi connectivity index (χ2n) is 17.6. The van der Waals surface area contributed by atoms with Crippen molar-refractivity contribution in [3.8, 4) is 0 Å². The highest BCUT2D eigenvalue weighted by Crippen LogP contribution is 2.15. The largest absolute Gasteiger partial charge is 0.394 e. The van der Waals surface area contributed by atoms with Crippen molar-refractivity contribution in [2.24, 2.45) is 0 Å². The summed E-state index contributed by atoms with van der Waals surface area (Å²) < 4.78 is 0. The zero-order valence-corrected chi connectivity index (χ0v) is 39.1. The molecule has 2 atom stereocenters. The van der Waals surface area contributed by atoms with Crippen molar-refractivity contribution < 1.29 is 15.0 Å². The average Bonchev–Trinajstić information content (AvgIpc) is 3.23. The molecule has 0 radical (unpaired) electrons. The molecule has 0 spiro atoms. The van der Waals surface area contributed by atoms with Gasteiger partial charge in [-0.25, -0.2) is 0 Å². The van der Waals surface area contributed by atoms with Gasteiger partial charge in [-0.05, 0) is 70.6 Å². The minimum atomic E-state index is -0.871. The Balaban J connectivity index is 3.58. The van der Waals surface area contributed by atoms with Crippen LogP contribution in [-0.2, 0) is 4.79 Å². The van der Waals surface area contributed by atoms with Gasteiger partial charge < -0.3 is 15.5 Å². The fourth-order valence-corrected chi connectivity index (χ4v) is 7.79. The summed E-state index contributed by atoms with van der Waals surface area (Å²) in [6, 6.07) is -0.646. The molecule has 58 heavy (non-hydrogen) atoms. The van der Waals surface area contributed by atoms with Crippen molar-refractivity contribution in [3.63, 3.8) is 0 Å². The molecule has 0 aromatic carbocycles. The SMILES string of the molecule is CCCCCCCCCC/C=C\CCCCCCCCCCCCCC(=O)NC(CO)C(O)/C=C/CC/C=C/CC/C=C/CCCCCCCCCCCCCCC. The topological polar surface area (TPSA) is 69.6 Å². The maximum absolute atomic E-state index is 12.4. The summed E-state index contributed by atoms with van der Waals surface area (Å²) in [5.74, 6) is -0.0770. The third-order valence-corrected chi connectivity index (χ3v) is 11.8. The predicted octanol–water partition coefficient (Wildman–Crippen LogP) is 16.7. The molecule has 0 aromatic rings. The third-order valence-electron chi connectivity index (χ3n) is 11.8. The molecule has 0 rings (SSSR count). The smallest absolute Gasteiger partial charge is 0.220 e. The maximum atomic E-state index is 12.4. The summed E-state index contributed by atoms with van der Waals surface area (Å²) in [6.45, 7) is 4.31. The molecule has 0 saturated heterocycles. The molecule has 0 fully saturated rings. The van der Waals surface area contributed by atoms with Gasteiger partial charge in [0.15, 0.2) is 0 Å². The van der Waals surface area contributed by atoms with Crippen LogP contribution in [0.5, 0.6) is 0 Å². The number of carbonyl (C=O) groups excluding carboxylic acids is 1. The van der Waals surface area contributed by atoms with Crippen LogP contribution in [-0.4, -0.2) is 34.9 Å². The van der Waals surface area contributed by atoms with Crippen LogP contribution < -0.4 is 5.32 Å². The molecule has 340 valence electrons. The van der Waals surface area contributed by atoms with Gasteiger partial charge in [-0.2, -0.15) is 0 Å². The monoisotopic (exact) mass is 812 g/mol. The Labute approximate surface area is 363 Å². The fourth-order valence-electron chi connectivity index (χ4n) is 7.79. The molecule has 0 aliphatic heterocycles. The Kier molecular flexibility index (Phi) is 48.3. The molecular formula is C54H101NO3. The van der Waals surface area contributed by atoms with Gasteiger partial charge in [0, 0.05) is 6.42 Å². The molecular weight excluding hydrogens is 711 g/mol. The Bertz CT molecular complexity index is 923. The number of hydrogen-bond acceptors (Lipinski definition) is 3. The lowest BCUT2D eigenvalue weighted by atomic mass is 10.0. The van der Waals surface area contributed by atoms with Crippen molar-refractivity contribution in [1.82, 2.24) is 5.32 Å². The van der Waals surface area contributed by atoms with Gasteiger partial charge in [0.2, 0.25) is 5.91 Å². The highest BCUT2D eigenvalue weighted by atomic mass is 16.3. The first kappa shape index (κ1) is 56.4. The van der Waals surface area contributed by atoms with E-state index in [9.17, 15) is 15.0 Å². The van der Waals surface area contributed by atoms with E-state index >= 15 is 0 Å². The lowest BCUT2D eigenvalue weighted by Gasteiger charge is -2.19. The Hall–Kier alpha value is -1.65. The molecule has 0 aliphatic carbocycles. The van der Waals surface area contributed by atoms with Gasteiger partial charge in [-0.1, -0.05) is 242 Å². The van der Waals surface area contributed by atoms with Gasteiger partial charge in [-0.15, -0.1) is 0 Å². The second-order valence-corrected chi connectivity index (χ2v) is 17.6. The highest BCUT2D eigenvalue weighted by Gasteiger charge is 2.17. The second kappa shape index (κ2) is 49.7. The molecule has 4 nitrogen and oxygen atoms in total. The number of nitrogens with one attached hydrogen (secondary N) is 1. The number of aliphatic hydroxyl groups excluding tert-OH is 2. The van der Waals surface area contributed by atoms with Crippen LogP contribution in [0.4, 0.5) is 0 Å². The van der Waals surface area contributed by atoms with Crippen LogP contribution in [0, 0.1) is 0 Å². The lowest BCUT2D eigenvalue weighted by molar-refractivity contribution is -0.123. The number of allylic oxidation sites excluding steroid dienone is 7. The Morgan fingerprint density at radius 1 is 0.397 bits per heavy atom. The van der Waals surface area contributed by atoms with E-state index in [0.29, 0.717) is 6.42 Å². The van der Waals surface area contributed by atoms with Crippen LogP contribution in [0.3, 0.4) is 0 Å². The van der Waals surface area contributed by atoms with E-state index in [4.69, 9.17) is 0 Å². The van der Waals surface area contributed by atoms with Crippen molar-refractivity contribution in [2.75, 3.05) is 6.61 Å². The number of rotatable bonds is 47. The summed E-state index contributed by atoms with van der Waals surface area (Å²) in [6.07, 6.45) is 68.2. The number of hydrogen-bond donors (Lipinski definition) is 3. The van der Waals surface area contributed by atoms with E-state index in [-0.39, 0.29) is 12.5 Å². The average molecular weight is 812 g/mol. The van der Waals surface area contributed by atoms with Gasteiger partial charge in [0.05, 0.1) is 18.8 Å². The Morgan fingerprint density at radius 3 is 1.00 bits per heavy atom. The van der Waals surface area contributed by atoms with Gasteiger partial charge >= 0.3 is 0 Å². The van der Waals surface area contributed by atoms with Crippen molar-refractivity contribution >= 4 is 5.91 Å². The molecule has 0 heterocycles. The van der Waals surface area contributed by atoms with E-state index in [2.05, 4.69) is 55.6 Å². The molecule has 0 aromatic heterocycles. The first-order valence-electron chi connectivity index (χ1n) is 25.9. The van der Waals surface area contributed by atoms with E-state index in [0.717, 1.165) is 38.5 Å². The minimum Gasteiger partial charge on any atom is -0.394 e. The molecule has 1 amide bonds. The molecule has 0 bridgehead atoms. The first-order valence-corrected chi connectivity index (χ1v) is 25.9. The fraction of sp³-hybridized carbons (Fsp3) is 0.833. The van der Waals surface area contributed by atoms with E-state index in [1.165, 1.54) is 212 Å². The summed E-state index contributed by atoms with van der Waals surface area (Å²) >= 11 is 0. The predicted molar refractivity (Wildman–Crippen MR) is 258 cm³/mol. The first-order chi connectivity index (χ1) is 28.7. The number of unbranched alkanes of at least 4 members (excludes halogenated alkanes) is 34. The molecule has 2 unspecified atom stereocenters.